The smallest absolute Gasteiger partial charge is 0.134 e. The number of rotatable bonds is 2. The summed E-state index contributed by atoms with van der Waals surface area (Å²) in [4.78, 5) is 0. The van der Waals surface area contributed by atoms with Crippen molar-refractivity contribution < 1.29 is 5.11 Å². The lowest BCUT2D eigenvalue weighted by atomic mass is 9.81. The number of aromatic hydroxyl groups is 1. The lowest BCUT2D eigenvalue weighted by molar-refractivity contribution is 0.463. The Hall–Kier alpha value is -0.800. The van der Waals surface area contributed by atoms with E-state index in [1.54, 1.807) is 0 Å². The molecule has 1 aromatic rings. The Kier molecular flexibility index (Phi) is 3.08. The number of hydrogen-bond donors (Lipinski definition) is 2. The fraction of sp³-hybridized carbons (Fsp3) is 0.385. The van der Waals surface area contributed by atoms with Gasteiger partial charge < -0.3 is 10.8 Å². The van der Waals surface area contributed by atoms with E-state index in [-0.39, 0.29) is 11.2 Å². The Bertz CT molecular complexity index is 442. The van der Waals surface area contributed by atoms with Crippen molar-refractivity contribution in [3.63, 3.8) is 0 Å². The predicted octanol–water partition coefficient (Wildman–Crippen LogP) is 3.22. The molecule has 0 fully saturated rings. The maximum atomic E-state index is 9.80. The lowest BCUT2D eigenvalue weighted by Crippen LogP contribution is -2.16. The Labute approximate surface area is 104 Å². The Morgan fingerprint density at radius 1 is 1.50 bits per heavy atom. The van der Waals surface area contributed by atoms with E-state index in [9.17, 15) is 5.11 Å². The van der Waals surface area contributed by atoms with Gasteiger partial charge in [-0.05, 0) is 46.5 Å². The minimum atomic E-state index is 0.0835. The molecule has 86 valence electrons. The van der Waals surface area contributed by atoms with E-state index in [4.69, 9.17) is 5.73 Å². The monoisotopic (exact) mass is 281 g/mol. The van der Waals surface area contributed by atoms with Gasteiger partial charge in [0.2, 0.25) is 0 Å². The summed E-state index contributed by atoms with van der Waals surface area (Å²) in [6.07, 6.45) is 6.69. The molecule has 0 bridgehead atoms. The molecule has 0 radical (unpaired) electrons. The number of halogens is 1. The zero-order chi connectivity index (χ0) is 11.8. The highest BCUT2D eigenvalue weighted by Gasteiger charge is 2.27. The highest BCUT2D eigenvalue weighted by Crippen LogP contribution is 2.39. The summed E-state index contributed by atoms with van der Waals surface area (Å²) in [5.41, 5.74) is 7.73. The third kappa shape index (κ3) is 1.89. The first-order chi connectivity index (χ1) is 7.57. The summed E-state index contributed by atoms with van der Waals surface area (Å²) in [6, 6.07) is 4.00. The fourth-order valence-corrected chi connectivity index (χ4v) is 2.69. The molecule has 0 saturated heterocycles. The zero-order valence-electron chi connectivity index (χ0n) is 9.33. The maximum absolute atomic E-state index is 9.80. The second-order valence-corrected chi connectivity index (χ2v) is 5.38. The predicted molar refractivity (Wildman–Crippen MR) is 69.4 cm³/mol. The first kappa shape index (κ1) is 11.7. The average Bonchev–Trinajstić information content (AvgIpc) is 2.70. The first-order valence-corrected chi connectivity index (χ1v) is 6.26. The van der Waals surface area contributed by atoms with Gasteiger partial charge in [0.25, 0.3) is 0 Å². The molecule has 0 aliphatic heterocycles. The van der Waals surface area contributed by atoms with Gasteiger partial charge in [0.05, 0.1) is 4.47 Å². The zero-order valence-corrected chi connectivity index (χ0v) is 10.9. The molecule has 1 unspecified atom stereocenters. The number of hydrogen-bond acceptors (Lipinski definition) is 2. The van der Waals surface area contributed by atoms with Crippen molar-refractivity contribution in [1.29, 1.82) is 0 Å². The van der Waals surface area contributed by atoms with Crippen LogP contribution in [0.3, 0.4) is 0 Å². The molecule has 0 saturated carbocycles. The number of phenolic OH excluding ortho intramolecular Hbond substituents is 1. The van der Waals surface area contributed by atoms with Crippen LogP contribution in [0.1, 0.15) is 30.9 Å². The molecular weight excluding hydrogens is 266 g/mol. The molecule has 1 aliphatic carbocycles. The van der Waals surface area contributed by atoms with Crippen LogP contribution in [0.2, 0.25) is 0 Å². The van der Waals surface area contributed by atoms with Gasteiger partial charge in [-0.2, -0.15) is 0 Å². The molecule has 16 heavy (non-hydrogen) atoms. The minimum Gasteiger partial charge on any atom is -0.506 e. The number of nitrogens with two attached hydrogens (primary N) is 1. The summed E-state index contributed by atoms with van der Waals surface area (Å²) in [5.74, 6) is 0.261. The average molecular weight is 282 g/mol. The van der Waals surface area contributed by atoms with Crippen molar-refractivity contribution in [2.75, 3.05) is 0 Å². The van der Waals surface area contributed by atoms with Gasteiger partial charge in [-0.3, -0.25) is 0 Å². The third-order valence-electron chi connectivity index (χ3n) is 3.34. The summed E-state index contributed by atoms with van der Waals surface area (Å²) in [7, 11) is 0. The van der Waals surface area contributed by atoms with Gasteiger partial charge in [-0.25, -0.2) is 0 Å². The van der Waals surface area contributed by atoms with Crippen LogP contribution in [0.15, 0.2) is 28.8 Å². The van der Waals surface area contributed by atoms with E-state index in [1.807, 2.05) is 12.1 Å². The van der Waals surface area contributed by atoms with E-state index in [0.717, 1.165) is 22.9 Å². The highest BCUT2D eigenvalue weighted by atomic mass is 79.9. The molecule has 1 atom stereocenters. The van der Waals surface area contributed by atoms with Crippen molar-refractivity contribution in [2.45, 2.75) is 31.7 Å². The van der Waals surface area contributed by atoms with Crippen LogP contribution in [0.4, 0.5) is 0 Å². The van der Waals surface area contributed by atoms with Crippen molar-refractivity contribution in [3.8, 4) is 5.75 Å². The molecule has 3 N–H and O–H groups in total. The Morgan fingerprint density at radius 3 is 2.81 bits per heavy atom. The van der Waals surface area contributed by atoms with E-state index in [1.165, 1.54) is 5.56 Å². The SMILES string of the molecule is CC1(c2cc(Br)c(O)c(CN)c2)C=CCC1. The molecule has 0 aromatic heterocycles. The van der Waals surface area contributed by atoms with Crippen LogP contribution in [0, 0.1) is 0 Å². The summed E-state index contributed by atoms with van der Waals surface area (Å²) in [6.45, 7) is 2.58. The van der Waals surface area contributed by atoms with E-state index < -0.39 is 0 Å². The first-order valence-electron chi connectivity index (χ1n) is 5.46. The molecule has 0 heterocycles. The molecule has 1 aliphatic rings. The van der Waals surface area contributed by atoms with Gasteiger partial charge in [0.15, 0.2) is 0 Å². The van der Waals surface area contributed by atoms with Crippen LogP contribution in [-0.2, 0) is 12.0 Å². The molecule has 2 nitrogen and oxygen atoms in total. The quantitative estimate of drug-likeness (QED) is 0.818. The second-order valence-electron chi connectivity index (χ2n) is 4.53. The molecule has 3 heteroatoms. The number of benzene rings is 1. The van der Waals surface area contributed by atoms with E-state index in [2.05, 4.69) is 35.0 Å². The number of phenols is 1. The summed E-state index contributed by atoms with van der Waals surface area (Å²) < 4.78 is 0.729. The van der Waals surface area contributed by atoms with Crippen LogP contribution in [0.5, 0.6) is 5.75 Å². The molecule has 1 aromatic carbocycles. The molecule has 0 spiro atoms. The van der Waals surface area contributed by atoms with Gasteiger partial charge in [0, 0.05) is 17.5 Å². The van der Waals surface area contributed by atoms with E-state index >= 15 is 0 Å². The van der Waals surface area contributed by atoms with Gasteiger partial charge in [-0.15, -0.1) is 0 Å². The third-order valence-corrected chi connectivity index (χ3v) is 3.94. The Balaban J connectivity index is 2.50. The van der Waals surface area contributed by atoms with Crippen LogP contribution < -0.4 is 5.73 Å². The van der Waals surface area contributed by atoms with Crippen molar-refractivity contribution >= 4 is 15.9 Å². The topological polar surface area (TPSA) is 46.2 Å². The minimum absolute atomic E-state index is 0.0835. The molecule has 0 amide bonds. The molecule has 2 rings (SSSR count). The van der Waals surface area contributed by atoms with Crippen molar-refractivity contribution in [2.24, 2.45) is 5.73 Å². The van der Waals surface area contributed by atoms with Crippen LogP contribution >= 0.6 is 15.9 Å². The molecular formula is C13H16BrNO. The van der Waals surface area contributed by atoms with E-state index in [0.29, 0.717) is 6.54 Å². The normalized spacial score (nSPS) is 23.9. The van der Waals surface area contributed by atoms with Crippen LogP contribution in [0.25, 0.3) is 0 Å². The van der Waals surface area contributed by atoms with Gasteiger partial charge >= 0.3 is 0 Å². The standard InChI is InChI=1S/C13H16BrNO/c1-13(4-2-3-5-13)10-6-9(8-15)12(16)11(14)7-10/h2,4,6-7,16H,3,5,8,15H2,1H3. The summed E-state index contributed by atoms with van der Waals surface area (Å²) in [5, 5.41) is 9.80. The highest BCUT2D eigenvalue weighted by molar-refractivity contribution is 9.10. The largest absolute Gasteiger partial charge is 0.506 e. The Morgan fingerprint density at radius 2 is 2.25 bits per heavy atom. The maximum Gasteiger partial charge on any atom is 0.134 e. The van der Waals surface area contributed by atoms with Gasteiger partial charge in [-0.1, -0.05) is 19.1 Å². The second kappa shape index (κ2) is 4.22. The van der Waals surface area contributed by atoms with Crippen molar-refractivity contribution in [3.05, 3.63) is 39.9 Å². The fourth-order valence-electron chi connectivity index (χ4n) is 2.19. The van der Waals surface area contributed by atoms with Crippen LogP contribution in [-0.4, -0.2) is 5.11 Å². The van der Waals surface area contributed by atoms with Gasteiger partial charge in [0.1, 0.15) is 5.75 Å². The van der Waals surface area contributed by atoms with Crippen molar-refractivity contribution in [1.82, 2.24) is 0 Å². The summed E-state index contributed by atoms with van der Waals surface area (Å²) >= 11 is 3.38. The lowest BCUT2D eigenvalue weighted by Gasteiger charge is -2.24. The number of allylic oxidation sites excluding steroid dienone is 2.